The van der Waals surface area contributed by atoms with Crippen molar-refractivity contribution in [2.45, 2.75) is 194 Å². The van der Waals surface area contributed by atoms with Crippen molar-refractivity contribution >= 4 is 5.78 Å². The maximum atomic E-state index is 14.0. The van der Waals surface area contributed by atoms with E-state index in [2.05, 4.69) is 20.1 Å². The number of hydrogen-bond donors (Lipinski definition) is 2. The summed E-state index contributed by atoms with van der Waals surface area (Å²) >= 11 is 0. The fourth-order valence-corrected chi connectivity index (χ4v) is 11.3. The molecule has 0 saturated carbocycles. The van der Waals surface area contributed by atoms with Gasteiger partial charge in [0.25, 0.3) is 5.79 Å². The van der Waals surface area contributed by atoms with Gasteiger partial charge in [0.2, 0.25) is 6.10 Å². The van der Waals surface area contributed by atoms with Crippen molar-refractivity contribution in [3.8, 4) is 0 Å². The van der Waals surface area contributed by atoms with Crippen molar-refractivity contribution in [1.29, 1.82) is 0 Å². The SMILES string of the molecule is C=C1CC2CC[C@@]34C[C@H]5OC6C(O3)C3OC(CC[C@@H]3OC6C5[OH+]4)CC(=O)CC3[C@@H](OC)C(CC(O)CO)O[C@H]3CC3O[C@@H](CCC1O2)C[C@@H](C)C3=C. The molecular formula is C40H59O12+. The van der Waals surface area contributed by atoms with Crippen LogP contribution in [-0.2, 0) is 42.7 Å². The zero-order valence-corrected chi connectivity index (χ0v) is 30.7. The number of hydrogen-bond acceptors (Lipinski definition) is 11. The first-order chi connectivity index (χ1) is 25.1. The van der Waals surface area contributed by atoms with Crippen LogP contribution in [0.5, 0.6) is 0 Å². The van der Waals surface area contributed by atoms with Gasteiger partial charge in [-0.1, -0.05) is 20.1 Å². The zero-order valence-electron chi connectivity index (χ0n) is 30.7. The third-order valence-electron chi connectivity index (χ3n) is 14.0. The largest absolute Gasteiger partial charge is 0.401 e. The maximum absolute atomic E-state index is 14.0. The van der Waals surface area contributed by atoms with Crippen LogP contribution in [0.4, 0.5) is 0 Å². The molecule has 10 fully saturated rings. The molecule has 10 heterocycles. The number of ether oxygens (including phenoxy) is 9. The Balaban J connectivity index is 0.994. The Morgan fingerprint density at radius 3 is 2.46 bits per heavy atom. The van der Waals surface area contributed by atoms with Crippen LogP contribution in [0.3, 0.4) is 0 Å². The van der Waals surface area contributed by atoms with E-state index < -0.39 is 24.1 Å². The Morgan fingerprint density at radius 2 is 1.63 bits per heavy atom. The second-order valence-electron chi connectivity index (χ2n) is 17.4. The molecule has 12 unspecified atom stereocenters. The molecule has 0 radical (unpaired) electrons. The summed E-state index contributed by atoms with van der Waals surface area (Å²) in [6.07, 6.45) is 4.63. The van der Waals surface area contributed by atoms with Gasteiger partial charge in [-0.2, -0.15) is 0 Å². The summed E-state index contributed by atoms with van der Waals surface area (Å²) in [5, 5.41) is 20.1. The number of ketones is 1. The lowest BCUT2D eigenvalue weighted by Crippen LogP contribution is -2.61. The molecule has 10 aliphatic rings. The van der Waals surface area contributed by atoms with E-state index in [4.69, 9.17) is 42.6 Å². The Morgan fingerprint density at radius 1 is 0.846 bits per heavy atom. The van der Waals surface area contributed by atoms with Gasteiger partial charge in [-0.15, -0.1) is 0 Å². The number of aliphatic hydroxyl groups excluding tert-OH is 2. The molecule has 10 aliphatic heterocycles. The highest BCUT2D eigenvalue weighted by Gasteiger charge is 2.72. The number of carbonyl (C=O) groups excluding carboxylic acids is 1. The topological polar surface area (TPSA) is 144 Å². The van der Waals surface area contributed by atoms with E-state index >= 15 is 0 Å². The van der Waals surface area contributed by atoms with Crippen LogP contribution < -0.4 is 0 Å². The normalized spacial score (nSPS) is 52.4. The number of methoxy groups -OCH3 is 1. The molecule has 0 aromatic heterocycles. The predicted molar refractivity (Wildman–Crippen MR) is 185 cm³/mol. The van der Waals surface area contributed by atoms with E-state index in [1.54, 1.807) is 7.11 Å². The molecule has 1 spiro atoms. The van der Waals surface area contributed by atoms with Crippen molar-refractivity contribution < 1.29 is 57.6 Å². The van der Waals surface area contributed by atoms with Gasteiger partial charge in [0.1, 0.15) is 30.2 Å². The summed E-state index contributed by atoms with van der Waals surface area (Å²) in [6.45, 7) is 10.7. The van der Waals surface area contributed by atoms with Crippen LogP contribution in [0.2, 0.25) is 0 Å². The minimum atomic E-state index is -0.949. The molecule has 0 aromatic carbocycles. The standard InChI is InChI=1S/C40H58O12/c1-19-11-24-5-7-28-20(2)12-26(45-28)9-10-40-17-33-36(51-40)37-38(50-33)39(52-40)35-29(49-37)8-6-25(47-35)13-22(42)14-27-31(16-30(46-24)21(19)3)48-32(34(27)44-4)15-23(43)18-41/h19,23-39,41,43H,2-3,5-18H2,1,4H3/p+1/t19-,23?,24+,25?,26?,27?,28?,29+,30?,31+,32?,33-,34-,35?,36?,37?,38?,39?,40+/m1/s1. The third kappa shape index (κ3) is 6.59. The molecule has 3 N–H and O–H groups in total. The number of aliphatic hydroxyl groups is 4. The van der Waals surface area contributed by atoms with E-state index in [0.29, 0.717) is 12.8 Å². The molecule has 19 atom stereocenters. The third-order valence-corrected chi connectivity index (χ3v) is 14.0. The lowest BCUT2D eigenvalue weighted by molar-refractivity contribution is -0.341. The summed E-state index contributed by atoms with van der Waals surface area (Å²) in [7, 11) is 1.63. The summed E-state index contributed by atoms with van der Waals surface area (Å²) < 4.78 is 58.5. The lowest BCUT2D eigenvalue weighted by Gasteiger charge is -2.46. The molecule has 0 amide bonds. The first kappa shape index (κ1) is 36.4. The van der Waals surface area contributed by atoms with Crippen molar-refractivity contribution in [2.24, 2.45) is 11.8 Å². The monoisotopic (exact) mass is 731 g/mol. The van der Waals surface area contributed by atoms with E-state index in [1.807, 2.05) is 0 Å². The summed E-state index contributed by atoms with van der Waals surface area (Å²) in [4.78, 5) is 14.0. The average Bonchev–Trinajstić information content (AvgIpc) is 3.79. The van der Waals surface area contributed by atoms with Crippen molar-refractivity contribution in [2.75, 3.05) is 13.7 Å². The Labute approximate surface area is 306 Å². The van der Waals surface area contributed by atoms with Gasteiger partial charge in [0.15, 0.2) is 6.10 Å². The number of Topliss-reactive ketones (excluding diaryl/α,β-unsaturated/α-hetero) is 1. The fourth-order valence-electron chi connectivity index (χ4n) is 11.3. The van der Waals surface area contributed by atoms with Crippen LogP contribution in [0, 0.1) is 11.8 Å². The minimum absolute atomic E-state index is 0.0158. The van der Waals surface area contributed by atoms with E-state index in [-0.39, 0.29) is 123 Å². The van der Waals surface area contributed by atoms with E-state index in [1.165, 1.54) is 0 Å². The summed E-state index contributed by atoms with van der Waals surface area (Å²) in [6, 6.07) is 0. The van der Waals surface area contributed by atoms with Gasteiger partial charge in [0.05, 0.1) is 80.5 Å². The number of carbonyl (C=O) groups is 1. The molecule has 10 rings (SSSR count). The second-order valence-corrected chi connectivity index (χ2v) is 17.4. The van der Waals surface area contributed by atoms with Gasteiger partial charge in [0, 0.05) is 38.7 Å². The minimum Gasteiger partial charge on any atom is -0.401 e. The number of rotatable bonds is 4. The van der Waals surface area contributed by atoms with E-state index in [9.17, 15) is 15.0 Å². The molecule has 0 aliphatic carbocycles. The molecule has 12 heteroatoms. The van der Waals surface area contributed by atoms with E-state index in [0.717, 1.165) is 62.5 Å². The molecular weight excluding hydrogens is 672 g/mol. The highest BCUT2D eigenvalue weighted by Crippen LogP contribution is 2.53. The molecule has 0 aromatic rings. The van der Waals surface area contributed by atoms with Gasteiger partial charge >= 0.3 is 0 Å². The highest BCUT2D eigenvalue weighted by molar-refractivity contribution is 5.79. The van der Waals surface area contributed by atoms with Crippen molar-refractivity contribution in [1.82, 2.24) is 0 Å². The quantitative estimate of drug-likeness (QED) is 0.326. The molecule has 12 bridgehead atoms. The van der Waals surface area contributed by atoms with Gasteiger partial charge < -0.3 is 52.8 Å². The fraction of sp³-hybridized carbons (Fsp3) is 0.875. The summed E-state index contributed by atoms with van der Waals surface area (Å²) in [5.41, 5.74) is 2.18. The van der Waals surface area contributed by atoms with Gasteiger partial charge in [-0.05, 0) is 62.0 Å². The molecule has 290 valence electrons. The Kier molecular flexibility index (Phi) is 10.0. The number of fused-ring (bicyclic) bond motifs is 6. The highest BCUT2D eigenvalue weighted by atomic mass is 16.8. The van der Waals surface area contributed by atoms with Gasteiger partial charge in [-0.25, -0.2) is 0 Å². The van der Waals surface area contributed by atoms with Crippen LogP contribution in [0.1, 0.15) is 90.4 Å². The first-order valence-corrected chi connectivity index (χ1v) is 20.1. The molecule has 52 heavy (non-hydrogen) atoms. The maximum Gasteiger partial charge on any atom is 0.278 e. The molecule has 12 nitrogen and oxygen atoms in total. The second kappa shape index (κ2) is 14.3. The van der Waals surface area contributed by atoms with Crippen LogP contribution in [0.25, 0.3) is 0 Å². The van der Waals surface area contributed by atoms with Crippen LogP contribution in [-0.4, -0.2) is 138 Å². The lowest BCUT2D eigenvalue weighted by atomic mass is 9.81. The van der Waals surface area contributed by atoms with Crippen LogP contribution in [0.15, 0.2) is 24.3 Å². The molecule has 10 saturated heterocycles. The first-order valence-electron chi connectivity index (χ1n) is 20.1. The average molecular weight is 732 g/mol. The van der Waals surface area contributed by atoms with Gasteiger partial charge in [-0.3, -0.25) is 4.79 Å². The van der Waals surface area contributed by atoms with Crippen LogP contribution >= 0.6 is 0 Å². The predicted octanol–water partition coefficient (Wildman–Crippen LogP) is 2.98. The van der Waals surface area contributed by atoms with Crippen molar-refractivity contribution in [3.63, 3.8) is 0 Å². The smallest absolute Gasteiger partial charge is 0.278 e. The Bertz CT molecular complexity index is 1370. The zero-order chi connectivity index (χ0) is 35.9. The Hall–Kier alpha value is -1.29. The van der Waals surface area contributed by atoms with Crippen molar-refractivity contribution in [3.05, 3.63) is 24.3 Å². The summed E-state index contributed by atoms with van der Waals surface area (Å²) in [5.74, 6) is -0.570.